The summed E-state index contributed by atoms with van der Waals surface area (Å²) in [5, 5.41) is 12.0. The fourth-order valence-electron chi connectivity index (χ4n) is 1.78. The molecule has 0 saturated carbocycles. The number of nitrogen functional groups attached to an aromatic ring is 1. The highest BCUT2D eigenvalue weighted by molar-refractivity contribution is 5.89. The van der Waals surface area contributed by atoms with Gasteiger partial charge in [0.2, 0.25) is 0 Å². The quantitative estimate of drug-likeness (QED) is 0.723. The molecule has 0 spiro atoms. The summed E-state index contributed by atoms with van der Waals surface area (Å²) in [6.07, 6.45) is 3.47. The van der Waals surface area contributed by atoms with Gasteiger partial charge in [-0.1, -0.05) is 20.3 Å². The van der Waals surface area contributed by atoms with Crippen LogP contribution in [0.2, 0.25) is 0 Å². The molecule has 0 aliphatic carbocycles. The Bertz CT molecular complexity index is 421. The minimum absolute atomic E-state index is 0.104. The number of aromatic carboxylic acids is 1. The molecule has 1 rings (SSSR count). The smallest absolute Gasteiger partial charge is 0.337 e. The van der Waals surface area contributed by atoms with Crippen LogP contribution in [0.3, 0.4) is 0 Å². The van der Waals surface area contributed by atoms with Crippen LogP contribution >= 0.6 is 0 Å². The Morgan fingerprint density at radius 2 is 2.22 bits per heavy atom. The van der Waals surface area contributed by atoms with Crippen LogP contribution in [0.15, 0.2) is 12.3 Å². The number of aromatic nitrogens is 1. The van der Waals surface area contributed by atoms with Crippen LogP contribution in [0.25, 0.3) is 0 Å². The third-order valence-electron chi connectivity index (χ3n) is 3.00. The number of anilines is 2. The van der Waals surface area contributed by atoms with Gasteiger partial charge in [0.25, 0.3) is 0 Å². The second kappa shape index (κ2) is 6.23. The lowest BCUT2D eigenvalue weighted by Gasteiger charge is -2.19. The molecule has 18 heavy (non-hydrogen) atoms. The second-order valence-electron chi connectivity index (χ2n) is 4.76. The van der Waals surface area contributed by atoms with Crippen LogP contribution in [0.1, 0.15) is 44.0 Å². The number of nitrogens with one attached hydrogen (secondary N) is 1. The Labute approximate surface area is 107 Å². The molecule has 0 saturated heterocycles. The first-order valence-electron chi connectivity index (χ1n) is 6.19. The van der Waals surface area contributed by atoms with E-state index in [1.165, 1.54) is 12.3 Å². The molecule has 0 amide bonds. The molecule has 0 radical (unpaired) electrons. The monoisotopic (exact) mass is 251 g/mol. The zero-order chi connectivity index (χ0) is 13.7. The highest BCUT2D eigenvalue weighted by Crippen LogP contribution is 2.19. The van der Waals surface area contributed by atoms with E-state index in [-0.39, 0.29) is 11.6 Å². The summed E-state index contributed by atoms with van der Waals surface area (Å²) in [4.78, 5) is 14.8. The van der Waals surface area contributed by atoms with Crippen molar-refractivity contribution in [2.45, 2.75) is 39.7 Å². The lowest BCUT2D eigenvalue weighted by atomic mass is 10.0. The predicted octanol–water partition coefficient (Wildman–Crippen LogP) is 2.60. The van der Waals surface area contributed by atoms with Crippen LogP contribution in [0, 0.1) is 5.92 Å². The van der Waals surface area contributed by atoms with Gasteiger partial charge in [-0.3, -0.25) is 0 Å². The minimum atomic E-state index is -1.02. The van der Waals surface area contributed by atoms with E-state index >= 15 is 0 Å². The molecular weight excluding hydrogens is 230 g/mol. The number of hydrogen-bond acceptors (Lipinski definition) is 4. The maximum Gasteiger partial charge on any atom is 0.337 e. The fourth-order valence-corrected chi connectivity index (χ4v) is 1.78. The van der Waals surface area contributed by atoms with Crippen molar-refractivity contribution >= 4 is 17.5 Å². The van der Waals surface area contributed by atoms with E-state index in [9.17, 15) is 4.79 Å². The average Bonchev–Trinajstić information content (AvgIpc) is 2.31. The number of pyridine rings is 1. The highest BCUT2D eigenvalue weighted by atomic mass is 16.4. The third-order valence-corrected chi connectivity index (χ3v) is 3.00. The van der Waals surface area contributed by atoms with Gasteiger partial charge >= 0.3 is 5.97 Å². The van der Waals surface area contributed by atoms with Gasteiger partial charge < -0.3 is 16.2 Å². The highest BCUT2D eigenvalue weighted by Gasteiger charge is 2.11. The molecule has 100 valence electrons. The third kappa shape index (κ3) is 3.91. The van der Waals surface area contributed by atoms with E-state index in [1.807, 2.05) is 0 Å². The molecular formula is C13H21N3O2. The van der Waals surface area contributed by atoms with E-state index in [2.05, 4.69) is 31.1 Å². The standard InChI is InChI=1S/C13H21N3O2/c1-4-8(2)5-9(3)16-12-11(14)6-10(7-15-12)13(17)18/h6-9H,4-5,14H2,1-3H3,(H,15,16)(H,17,18). The van der Waals surface area contributed by atoms with Gasteiger partial charge in [0.1, 0.15) is 5.82 Å². The number of carbonyl (C=O) groups is 1. The van der Waals surface area contributed by atoms with Crippen LogP contribution in [-0.4, -0.2) is 22.1 Å². The Hall–Kier alpha value is -1.78. The van der Waals surface area contributed by atoms with E-state index in [0.29, 0.717) is 17.4 Å². The second-order valence-corrected chi connectivity index (χ2v) is 4.76. The number of nitrogens with zero attached hydrogens (tertiary/aromatic N) is 1. The lowest BCUT2D eigenvalue weighted by Crippen LogP contribution is -2.20. The summed E-state index contributed by atoms with van der Waals surface area (Å²) in [6, 6.07) is 1.68. The van der Waals surface area contributed by atoms with E-state index in [1.54, 1.807) is 0 Å². The molecule has 5 heteroatoms. The summed E-state index contributed by atoms with van der Waals surface area (Å²) >= 11 is 0. The molecule has 1 aromatic heterocycles. The Morgan fingerprint density at radius 3 is 2.72 bits per heavy atom. The van der Waals surface area contributed by atoms with Crippen molar-refractivity contribution in [2.75, 3.05) is 11.1 Å². The molecule has 2 unspecified atom stereocenters. The number of carboxylic acid groups (broad SMARTS) is 1. The molecule has 0 aliphatic rings. The van der Waals surface area contributed by atoms with Gasteiger partial charge in [-0.25, -0.2) is 9.78 Å². The molecule has 0 bridgehead atoms. The van der Waals surface area contributed by atoms with Crippen LogP contribution < -0.4 is 11.1 Å². The molecule has 1 heterocycles. The summed E-state index contributed by atoms with van der Waals surface area (Å²) in [5.41, 5.74) is 6.25. The average molecular weight is 251 g/mol. The van der Waals surface area contributed by atoms with Crippen molar-refractivity contribution in [1.29, 1.82) is 0 Å². The van der Waals surface area contributed by atoms with E-state index in [4.69, 9.17) is 10.8 Å². The van der Waals surface area contributed by atoms with E-state index < -0.39 is 5.97 Å². The van der Waals surface area contributed by atoms with Crippen molar-refractivity contribution in [1.82, 2.24) is 4.98 Å². The van der Waals surface area contributed by atoms with Gasteiger partial charge in [-0.15, -0.1) is 0 Å². The van der Waals surface area contributed by atoms with Gasteiger partial charge in [0.05, 0.1) is 11.3 Å². The zero-order valence-corrected chi connectivity index (χ0v) is 11.1. The van der Waals surface area contributed by atoms with Gasteiger partial charge in [-0.05, 0) is 25.3 Å². The van der Waals surface area contributed by atoms with Gasteiger partial charge in [-0.2, -0.15) is 0 Å². The number of rotatable bonds is 6. The topological polar surface area (TPSA) is 88.2 Å². The van der Waals surface area contributed by atoms with E-state index in [0.717, 1.165) is 12.8 Å². The van der Waals surface area contributed by atoms with Crippen molar-refractivity contribution < 1.29 is 9.90 Å². The fraction of sp³-hybridized carbons (Fsp3) is 0.538. The molecule has 1 aromatic rings. The maximum absolute atomic E-state index is 10.8. The molecule has 0 aliphatic heterocycles. The summed E-state index contributed by atoms with van der Waals surface area (Å²) in [7, 11) is 0. The zero-order valence-electron chi connectivity index (χ0n) is 11.1. The lowest BCUT2D eigenvalue weighted by molar-refractivity contribution is 0.0696. The Kier molecular flexibility index (Phi) is 4.95. The number of hydrogen-bond donors (Lipinski definition) is 3. The minimum Gasteiger partial charge on any atom is -0.478 e. The Balaban J connectivity index is 2.70. The van der Waals surface area contributed by atoms with Crippen molar-refractivity contribution in [3.05, 3.63) is 17.8 Å². The number of carboxylic acids is 1. The van der Waals surface area contributed by atoms with Crippen LogP contribution in [-0.2, 0) is 0 Å². The Morgan fingerprint density at radius 1 is 1.56 bits per heavy atom. The molecule has 2 atom stereocenters. The van der Waals surface area contributed by atoms with Crippen LogP contribution in [0.5, 0.6) is 0 Å². The molecule has 5 nitrogen and oxygen atoms in total. The largest absolute Gasteiger partial charge is 0.478 e. The van der Waals surface area contributed by atoms with Crippen molar-refractivity contribution in [2.24, 2.45) is 5.92 Å². The summed E-state index contributed by atoms with van der Waals surface area (Å²) < 4.78 is 0. The molecule has 0 fully saturated rings. The first kappa shape index (κ1) is 14.3. The summed E-state index contributed by atoms with van der Waals surface area (Å²) in [6.45, 7) is 6.42. The number of nitrogens with two attached hydrogens (primary N) is 1. The predicted molar refractivity (Wildman–Crippen MR) is 72.8 cm³/mol. The SMILES string of the molecule is CCC(C)CC(C)Nc1ncc(C(=O)O)cc1N. The van der Waals surface area contributed by atoms with Gasteiger partial charge in [0.15, 0.2) is 0 Å². The normalized spacial score (nSPS) is 13.9. The summed E-state index contributed by atoms with van der Waals surface area (Å²) in [5.74, 6) is 0.163. The van der Waals surface area contributed by atoms with Crippen molar-refractivity contribution in [3.63, 3.8) is 0 Å². The van der Waals surface area contributed by atoms with Crippen molar-refractivity contribution in [3.8, 4) is 0 Å². The molecule has 4 N–H and O–H groups in total. The first-order chi connectivity index (χ1) is 8.43. The maximum atomic E-state index is 10.8. The first-order valence-corrected chi connectivity index (χ1v) is 6.19. The molecule has 0 aromatic carbocycles. The van der Waals surface area contributed by atoms with Crippen LogP contribution in [0.4, 0.5) is 11.5 Å². The van der Waals surface area contributed by atoms with Gasteiger partial charge in [0, 0.05) is 12.2 Å².